The minimum Gasteiger partial charge on any atom is -0.451 e. The number of Topliss-reactive ketones (excluding diaryl/α,β-unsaturated/α-hetero) is 1. The van der Waals surface area contributed by atoms with Crippen LogP contribution in [0, 0.1) is 20.8 Å². The number of methoxy groups -OCH3 is 1. The van der Waals surface area contributed by atoms with Crippen LogP contribution < -0.4 is 0 Å². The van der Waals surface area contributed by atoms with Gasteiger partial charge in [-0.3, -0.25) is 4.79 Å². The predicted octanol–water partition coefficient (Wildman–Crippen LogP) is 4.50. The van der Waals surface area contributed by atoms with Crippen LogP contribution in [-0.4, -0.2) is 36.6 Å². The summed E-state index contributed by atoms with van der Waals surface area (Å²) in [5, 5.41) is 1.29. The first-order valence-corrected chi connectivity index (χ1v) is 9.26. The smallest absolute Gasteiger partial charge is 0.375 e. The molecule has 0 bridgehead atoms. The third-order valence-corrected chi connectivity index (χ3v) is 5.05. The Labute approximate surface area is 168 Å². The van der Waals surface area contributed by atoms with E-state index >= 15 is 0 Å². The van der Waals surface area contributed by atoms with Crippen LogP contribution in [0.4, 0.5) is 0 Å². The first kappa shape index (κ1) is 20.2. The van der Waals surface area contributed by atoms with Crippen molar-refractivity contribution in [2.45, 2.75) is 27.3 Å². The minimum atomic E-state index is -0.675. The standard InChI is InChI=1S/C21H22ClNO5/c1-12-9-17(14(3)23(12)7-8-26-4)18(24)11-27-21(25)20-13(2)16-10-15(22)5-6-19(16)28-20/h5-6,9-10H,7-8,11H2,1-4H3. The molecule has 7 heteroatoms. The number of aryl methyl sites for hydroxylation is 2. The molecule has 0 atom stereocenters. The van der Waals surface area contributed by atoms with Gasteiger partial charge in [0, 0.05) is 46.6 Å². The molecular formula is C21H22ClNO5. The number of carbonyl (C=O) groups is 2. The minimum absolute atomic E-state index is 0.0793. The van der Waals surface area contributed by atoms with Crippen molar-refractivity contribution >= 4 is 34.3 Å². The molecule has 0 aliphatic carbocycles. The second-order valence-electron chi connectivity index (χ2n) is 6.63. The zero-order chi connectivity index (χ0) is 20.4. The number of hydrogen-bond donors (Lipinski definition) is 0. The maximum Gasteiger partial charge on any atom is 0.375 e. The molecule has 0 radical (unpaired) electrons. The number of nitrogens with zero attached hydrogens (tertiary/aromatic N) is 1. The van der Waals surface area contributed by atoms with E-state index in [1.165, 1.54) is 0 Å². The van der Waals surface area contributed by atoms with Crippen molar-refractivity contribution in [1.82, 2.24) is 4.57 Å². The number of rotatable bonds is 7. The lowest BCUT2D eigenvalue weighted by atomic mass is 10.1. The first-order chi connectivity index (χ1) is 13.3. The van der Waals surface area contributed by atoms with Gasteiger partial charge < -0.3 is 18.5 Å². The topological polar surface area (TPSA) is 70.7 Å². The lowest BCUT2D eigenvalue weighted by Gasteiger charge is -2.09. The molecule has 0 amide bonds. The summed E-state index contributed by atoms with van der Waals surface area (Å²) in [6.45, 7) is 6.39. The Kier molecular flexibility index (Phi) is 5.91. The second-order valence-corrected chi connectivity index (χ2v) is 7.06. The summed E-state index contributed by atoms with van der Waals surface area (Å²) in [4.78, 5) is 25.0. The number of hydrogen-bond acceptors (Lipinski definition) is 5. The maximum atomic E-state index is 12.6. The van der Waals surface area contributed by atoms with Crippen molar-refractivity contribution in [3.8, 4) is 0 Å². The molecule has 0 saturated carbocycles. The van der Waals surface area contributed by atoms with Crippen LogP contribution in [0.2, 0.25) is 5.02 Å². The van der Waals surface area contributed by atoms with Crippen LogP contribution >= 0.6 is 11.6 Å². The number of aromatic nitrogens is 1. The van der Waals surface area contributed by atoms with Gasteiger partial charge in [-0.25, -0.2) is 4.79 Å². The van der Waals surface area contributed by atoms with Gasteiger partial charge in [0.05, 0.1) is 6.61 Å². The summed E-state index contributed by atoms with van der Waals surface area (Å²) >= 11 is 6.00. The molecule has 0 aliphatic rings. The Balaban J connectivity index is 1.73. The number of halogens is 1. The van der Waals surface area contributed by atoms with Crippen molar-refractivity contribution in [2.24, 2.45) is 0 Å². The molecule has 0 aliphatic heterocycles. The highest BCUT2D eigenvalue weighted by atomic mass is 35.5. The van der Waals surface area contributed by atoms with Gasteiger partial charge in [-0.05, 0) is 45.0 Å². The van der Waals surface area contributed by atoms with E-state index in [-0.39, 0.29) is 18.2 Å². The highest BCUT2D eigenvalue weighted by molar-refractivity contribution is 6.31. The van der Waals surface area contributed by atoms with Gasteiger partial charge in [0.2, 0.25) is 11.5 Å². The number of ketones is 1. The predicted molar refractivity (Wildman–Crippen MR) is 106 cm³/mol. The van der Waals surface area contributed by atoms with E-state index in [0.29, 0.717) is 34.9 Å². The van der Waals surface area contributed by atoms with Crippen LogP contribution in [0.1, 0.15) is 37.9 Å². The third kappa shape index (κ3) is 3.84. The van der Waals surface area contributed by atoms with Gasteiger partial charge in [-0.15, -0.1) is 0 Å². The molecule has 0 unspecified atom stereocenters. The normalized spacial score (nSPS) is 11.2. The lowest BCUT2D eigenvalue weighted by Crippen LogP contribution is -2.15. The molecule has 0 saturated heterocycles. The van der Waals surface area contributed by atoms with E-state index in [2.05, 4.69) is 0 Å². The van der Waals surface area contributed by atoms with Crippen molar-refractivity contribution in [2.75, 3.05) is 20.3 Å². The van der Waals surface area contributed by atoms with E-state index in [1.54, 1.807) is 38.3 Å². The quantitative estimate of drug-likeness (QED) is 0.429. The van der Waals surface area contributed by atoms with Gasteiger partial charge in [-0.1, -0.05) is 11.6 Å². The molecule has 3 rings (SSSR count). The van der Waals surface area contributed by atoms with E-state index in [1.807, 2.05) is 18.4 Å². The Morgan fingerprint density at radius 3 is 2.64 bits per heavy atom. The SMILES string of the molecule is COCCn1c(C)cc(C(=O)COC(=O)c2oc3ccc(Cl)cc3c2C)c1C. The van der Waals surface area contributed by atoms with E-state index < -0.39 is 5.97 Å². The molecule has 2 aromatic heterocycles. The average molecular weight is 404 g/mol. The molecule has 6 nitrogen and oxygen atoms in total. The molecule has 3 aromatic rings. The van der Waals surface area contributed by atoms with E-state index in [4.69, 9.17) is 25.5 Å². The molecule has 148 valence electrons. The van der Waals surface area contributed by atoms with E-state index in [9.17, 15) is 9.59 Å². The first-order valence-electron chi connectivity index (χ1n) is 8.88. The summed E-state index contributed by atoms with van der Waals surface area (Å²) in [7, 11) is 1.63. The van der Waals surface area contributed by atoms with Crippen molar-refractivity contribution < 1.29 is 23.5 Å². The van der Waals surface area contributed by atoms with Gasteiger partial charge in [-0.2, -0.15) is 0 Å². The Morgan fingerprint density at radius 1 is 1.18 bits per heavy atom. The highest BCUT2D eigenvalue weighted by Gasteiger charge is 2.22. The number of esters is 1. The molecule has 0 spiro atoms. The van der Waals surface area contributed by atoms with Crippen LogP contribution in [0.15, 0.2) is 28.7 Å². The zero-order valence-corrected chi connectivity index (χ0v) is 17.1. The average Bonchev–Trinajstić information content (AvgIpc) is 3.14. The Morgan fingerprint density at radius 2 is 1.93 bits per heavy atom. The summed E-state index contributed by atoms with van der Waals surface area (Å²) in [6.07, 6.45) is 0. The number of carbonyl (C=O) groups excluding carboxylic acids is 2. The number of ether oxygens (including phenoxy) is 2. The third-order valence-electron chi connectivity index (χ3n) is 4.81. The number of benzene rings is 1. The van der Waals surface area contributed by atoms with Gasteiger partial charge >= 0.3 is 5.97 Å². The van der Waals surface area contributed by atoms with Crippen molar-refractivity contribution in [3.05, 3.63) is 57.6 Å². The van der Waals surface area contributed by atoms with Gasteiger partial charge in [0.1, 0.15) is 5.58 Å². The molecule has 0 fully saturated rings. The fourth-order valence-corrected chi connectivity index (χ4v) is 3.44. The second kappa shape index (κ2) is 8.20. The van der Waals surface area contributed by atoms with Crippen LogP contribution in [0.3, 0.4) is 0 Å². The summed E-state index contributed by atoms with van der Waals surface area (Å²) < 4.78 is 17.9. The fraction of sp³-hybridized carbons (Fsp3) is 0.333. The zero-order valence-electron chi connectivity index (χ0n) is 16.3. The van der Waals surface area contributed by atoms with Crippen LogP contribution in [0.25, 0.3) is 11.0 Å². The van der Waals surface area contributed by atoms with Crippen LogP contribution in [0.5, 0.6) is 0 Å². The monoisotopic (exact) mass is 403 g/mol. The van der Waals surface area contributed by atoms with E-state index in [0.717, 1.165) is 16.8 Å². The Hall–Kier alpha value is -2.57. The lowest BCUT2D eigenvalue weighted by molar-refractivity contribution is 0.0445. The number of furan rings is 1. The molecule has 1 aromatic carbocycles. The highest BCUT2D eigenvalue weighted by Crippen LogP contribution is 2.28. The van der Waals surface area contributed by atoms with Crippen molar-refractivity contribution in [3.63, 3.8) is 0 Å². The molecule has 2 heterocycles. The largest absolute Gasteiger partial charge is 0.451 e. The fourth-order valence-electron chi connectivity index (χ4n) is 3.27. The van der Waals surface area contributed by atoms with Gasteiger partial charge in [0.25, 0.3) is 0 Å². The molecular weight excluding hydrogens is 382 g/mol. The summed E-state index contributed by atoms with van der Waals surface area (Å²) in [5.74, 6) is -0.857. The molecule has 0 N–H and O–H groups in total. The van der Waals surface area contributed by atoms with Gasteiger partial charge in [0.15, 0.2) is 6.61 Å². The molecule has 28 heavy (non-hydrogen) atoms. The maximum absolute atomic E-state index is 12.6. The summed E-state index contributed by atoms with van der Waals surface area (Å²) in [6, 6.07) is 6.91. The Bertz CT molecular complexity index is 1050. The summed E-state index contributed by atoms with van der Waals surface area (Å²) in [5.41, 5.74) is 3.49. The number of fused-ring (bicyclic) bond motifs is 1. The van der Waals surface area contributed by atoms with Crippen molar-refractivity contribution in [1.29, 1.82) is 0 Å². The van der Waals surface area contributed by atoms with Crippen LogP contribution in [-0.2, 0) is 16.0 Å².